The van der Waals surface area contributed by atoms with E-state index in [9.17, 15) is 0 Å². The molecule has 19 heavy (non-hydrogen) atoms. The molecule has 2 rings (SSSR count). The van der Waals surface area contributed by atoms with Gasteiger partial charge in [-0.15, -0.1) is 0 Å². The lowest BCUT2D eigenvalue weighted by atomic mass is 10.2. The van der Waals surface area contributed by atoms with Crippen molar-refractivity contribution in [3.63, 3.8) is 0 Å². The zero-order chi connectivity index (χ0) is 13.7. The first-order valence-electron chi connectivity index (χ1n) is 6.29. The van der Waals surface area contributed by atoms with Crippen molar-refractivity contribution in [3.8, 4) is 0 Å². The quantitative estimate of drug-likeness (QED) is 0.870. The number of hydrogen-bond acceptors (Lipinski definition) is 4. The van der Waals surface area contributed by atoms with Crippen LogP contribution in [0.25, 0.3) is 0 Å². The van der Waals surface area contributed by atoms with Crippen LogP contribution in [0.1, 0.15) is 18.9 Å². The van der Waals surface area contributed by atoms with Gasteiger partial charge in [0.05, 0.1) is 5.69 Å². The van der Waals surface area contributed by atoms with Crippen LogP contribution in [0.5, 0.6) is 0 Å². The number of anilines is 3. The number of halogens is 1. The number of hydrogen-bond donors (Lipinski definition) is 2. The Hall–Kier alpha value is -1.62. The highest BCUT2D eigenvalue weighted by molar-refractivity contribution is 9.10. The fraction of sp³-hybridized carbons (Fsp3) is 0.286. The van der Waals surface area contributed by atoms with Crippen LogP contribution in [0.3, 0.4) is 0 Å². The second-order valence-electron chi connectivity index (χ2n) is 4.30. The van der Waals surface area contributed by atoms with E-state index in [-0.39, 0.29) is 0 Å². The summed E-state index contributed by atoms with van der Waals surface area (Å²) in [4.78, 5) is 8.64. The molecule has 2 aromatic rings. The molecule has 0 atom stereocenters. The van der Waals surface area contributed by atoms with Gasteiger partial charge in [0.1, 0.15) is 5.82 Å². The molecule has 0 saturated carbocycles. The van der Waals surface area contributed by atoms with E-state index in [1.54, 1.807) is 6.20 Å². The molecular weight excluding hydrogens is 304 g/mol. The van der Waals surface area contributed by atoms with E-state index in [1.807, 2.05) is 18.2 Å². The fourth-order valence-electron chi connectivity index (χ4n) is 1.61. The third-order valence-corrected chi connectivity index (χ3v) is 3.24. The molecule has 1 heterocycles. The number of rotatable bonds is 5. The highest BCUT2D eigenvalue weighted by atomic mass is 79.9. The van der Waals surface area contributed by atoms with Gasteiger partial charge in [-0.05, 0) is 53.0 Å². The van der Waals surface area contributed by atoms with Gasteiger partial charge in [-0.1, -0.05) is 13.0 Å². The van der Waals surface area contributed by atoms with Crippen molar-refractivity contribution in [2.24, 2.45) is 0 Å². The van der Waals surface area contributed by atoms with Gasteiger partial charge in [0.25, 0.3) is 0 Å². The van der Waals surface area contributed by atoms with Crippen molar-refractivity contribution in [3.05, 3.63) is 40.5 Å². The molecular formula is C14H17BrN4. The summed E-state index contributed by atoms with van der Waals surface area (Å²) >= 11 is 3.53. The van der Waals surface area contributed by atoms with Crippen LogP contribution in [-0.2, 0) is 0 Å². The largest absolute Gasteiger partial charge is 0.370 e. The molecule has 0 unspecified atom stereocenters. The minimum Gasteiger partial charge on any atom is -0.370 e. The van der Waals surface area contributed by atoms with Gasteiger partial charge in [0.15, 0.2) is 0 Å². The van der Waals surface area contributed by atoms with E-state index in [4.69, 9.17) is 0 Å². The summed E-state index contributed by atoms with van der Waals surface area (Å²) < 4.78 is 1.00. The Morgan fingerprint density at radius 2 is 2.11 bits per heavy atom. The number of benzene rings is 1. The highest BCUT2D eigenvalue weighted by Gasteiger charge is 2.03. The summed E-state index contributed by atoms with van der Waals surface area (Å²) in [5.41, 5.74) is 2.16. The molecule has 0 aliphatic rings. The first-order chi connectivity index (χ1) is 9.19. The van der Waals surface area contributed by atoms with Gasteiger partial charge >= 0.3 is 0 Å². The average molecular weight is 321 g/mol. The van der Waals surface area contributed by atoms with Crippen LogP contribution in [0.2, 0.25) is 0 Å². The number of nitrogens with zero attached hydrogens (tertiary/aromatic N) is 2. The van der Waals surface area contributed by atoms with Crippen LogP contribution < -0.4 is 10.6 Å². The standard InChI is InChI=1S/C14H17BrN4/c1-3-7-16-13-6-8-17-14(19-13)18-12-5-4-10(2)9-11(12)15/h4-6,8-9H,3,7H2,1-2H3,(H2,16,17,18,19). The first kappa shape index (κ1) is 13.8. The molecule has 100 valence electrons. The molecule has 2 N–H and O–H groups in total. The fourth-order valence-corrected chi connectivity index (χ4v) is 2.20. The Morgan fingerprint density at radius 3 is 2.84 bits per heavy atom. The van der Waals surface area contributed by atoms with Crippen molar-refractivity contribution in [2.45, 2.75) is 20.3 Å². The summed E-state index contributed by atoms with van der Waals surface area (Å²) in [6.45, 7) is 5.09. The Labute approximate surface area is 121 Å². The third kappa shape index (κ3) is 3.92. The maximum Gasteiger partial charge on any atom is 0.229 e. The smallest absolute Gasteiger partial charge is 0.229 e. The monoisotopic (exact) mass is 320 g/mol. The molecule has 1 aromatic heterocycles. The van der Waals surface area contributed by atoms with E-state index in [0.717, 1.165) is 28.9 Å². The molecule has 5 heteroatoms. The zero-order valence-corrected chi connectivity index (χ0v) is 12.7. The summed E-state index contributed by atoms with van der Waals surface area (Å²) in [5, 5.41) is 6.45. The van der Waals surface area contributed by atoms with Gasteiger partial charge in [-0.3, -0.25) is 0 Å². The molecule has 4 nitrogen and oxygen atoms in total. The first-order valence-corrected chi connectivity index (χ1v) is 7.08. The molecule has 0 bridgehead atoms. The second kappa shape index (κ2) is 6.52. The molecule has 0 aliphatic heterocycles. The predicted octanol–water partition coefficient (Wildman–Crippen LogP) is 4.11. The van der Waals surface area contributed by atoms with Crippen molar-refractivity contribution < 1.29 is 0 Å². The average Bonchev–Trinajstić information content (AvgIpc) is 2.40. The Balaban J connectivity index is 2.14. The summed E-state index contributed by atoms with van der Waals surface area (Å²) in [7, 11) is 0. The summed E-state index contributed by atoms with van der Waals surface area (Å²) in [6, 6.07) is 7.98. The Bertz CT molecular complexity index is 557. The lowest BCUT2D eigenvalue weighted by molar-refractivity contribution is 0.966. The van der Waals surface area contributed by atoms with E-state index in [0.29, 0.717) is 5.95 Å². The zero-order valence-electron chi connectivity index (χ0n) is 11.1. The Kier molecular flexibility index (Phi) is 4.74. The summed E-state index contributed by atoms with van der Waals surface area (Å²) in [6.07, 6.45) is 2.81. The summed E-state index contributed by atoms with van der Waals surface area (Å²) in [5.74, 6) is 1.42. The molecule has 0 aliphatic carbocycles. The van der Waals surface area contributed by atoms with Gasteiger partial charge in [0.2, 0.25) is 5.95 Å². The van der Waals surface area contributed by atoms with Gasteiger partial charge in [0, 0.05) is 17.2 Å². The molecule has 1 aromatic carbocycles. The van der Waals surface area contributed by atoms with Gasteiger partial charge < -0.3 is 10.6 Å². The molecule has 0 saturated heterocycles. The topological polar surface area (TPSA) is 49.8 Å². The number of nitrogens with one attached hydrogen (secondary N) is 2. The van der Waals surface area contributed by atoms with Crippen LogP contribution >= 0.6 is 15.9 Å². The van der Waals surface area contributed by atoms with E-state index in [2.05, 4.69) is 56.4 Å². The van der Waals surface area contributed by atoms with Crippen molar-refractivity contribution in [1.82, 2.24) is 9.97 Å². The molecule has 0 amide bonds. The van der Waals surface area contributed by atoms with E-state index < -0.39 is 0 Å². The highest BCUT2D eigenvalue weighted by Crippen LogP contribution is 2.25. The van der Waals surface area contributed by atoms with Crippen LogP contribution in [0.15, 0.2) is 34.9 Å². The molecule has 0 spiro atoms. The minimum absolute atomic E-state index is 0.589. The SMILES string of the molecule is CCCNc1ccnc(Nc2ccc(C)cc2Br)n1. The third-order valence-electron chi connectivity index (χ3n) is 2.58. The number of aryl methyl sites for hydroxylation is 1. The maximum absolute atomic E-state index is 4.41. The minimum atomic E-state index is 0.589. The van der Waals surface area contributed by atoms with Crippen molar-refractivity contribution >= 4 is 33.4 Å². The van der Waals surface area contributed by atoms with E-state index >= 15 is 0 Å². The van der Waals surface area contributed by atoms with Crippen LogP contribution in [0, 0.1) is 6.92 Å². The van der Waals surface area contributed by atoms with E-state index in [1.165, 1.54) is 5.56 Å². The van der Waals surface area contributed by atoms with Gasteiger partial charge in [-0.2, -0.15) is 4.98 Å². The second-order valence-corrected chi connectivity index (χ2v) is 5.15. The van der Waals surface area contributed by atoms with Crippen molar-refractivity contribution in [1.29, 1.82) is 0 Å². The van der Waals surface area contributed by atoms with Crippen molar-refractivity contribution in [2.75, 3.05) is 17.2 Å². The predicted molar refractivity (Wildman–Crippen MR) is 83.0 cm³/mol. The Morgan fingerprint density at radius 1 is 1.26 bits per heavy atom. The van der Waals surface area contributed by atoms with Crippen LogP contribution in [0.4, 0.5) is 17.5 Å². The van der Waals surface area contributed by atoms with Crippen LogP contribution in [-0.4, -0.2) is 16.5 Å². The lowest BCUT2D eigenvalue weighted by Crippen LogP contribution is -2.04. The molecule has 0 fully saturated rings. The molecule has 0 radical (unpaired) electrons. The normalized spacial score (nSPS) is 10.3. The lowest BCUT2D eigenvalue weighted by Gasteiger charge is -2.09. The maximum atomic E-state index is 4.41. The van der Waals surface area contributed by atoms with Gasteiger partial charge in [-0.25, -0.2) is 4.98 Å². The number of aromatic nitrogens is 2.